The predicted octanol–water partition coefficient (Wildman–Crippen LogP) is 1.40. The molecule has 1 aromatic heterocycles. The number of β-amino-alcohol motifs (C(OH)–C–C–N with tert-alkyl or cyclic N) is 1. The van der Waals surface area contributed by atoms with Gasteiger partial charge in [-0.05, 0) is 13.0 Å². The van der Waals surface area contributed by atoms with Crippen molar-refractivity contribution in [3.63, 3.8) is 0 Å². The van der Waals surface area contributed by atoms with Crippen LogP contribution in [0.2, 0.25) is 0 Å². The number of amides is 1. The van der Waals surface area contributed by atoms with Crippen LogP contribution in [-0.2, 0) is 4.79 Å². The van der Waals surface area contributed by atoms with E-state index in [1.165, 1.54) is 0 Å². The third-order valence-electron chi connectivity index (χ3n) is 3.86. The van der Waals surface area contributed by atoms with Gasteiger partial charge in [0.1, 0.15) is 11.6 Å². The molecule has 1 fully saturated rings. The van der Waals surface area contributed by atoms with Crippen molar-refractivity contribution in [1.82, 2.24) is 4.90 Å². The van der Waals surface area contributed by atoms with Crippen molar-refractivity contribution in [1.29, 1.82) is 0 Å². The second-order valence-electron chi connectivity index (χ2n) is 5.25. The lowest BCUT2D eigenvalue weighted by Gasteiger charge is -2.20. The Morgan fingerprint density at radius 1 is 1.33 bits per heavy atom. The molecule has 0 radical (unpaired) electrons. The molecular formula is C15H15NO5. The highest BCUT2D eigenvalue weighted by Crippen LogP contribution is 2.28. The van der Waals surface area contributed by atoms with E-state index in [0.29, 0.717) is 11.1 Å². The molecule has 3 rings (SSSR count). The van der Waals surface area contributed by atoms with Crippen LogP contribution >= 0.6 is 0 Å². The number of aliphatic hydroxyl groups is 1. The van der Waals surface area contributed by atoms with Crippen LogP contribution < -0.4 is 0 Å². The summed E-state index contributed by atoms with van der Waals surface area (Å²) in [7, 11) is 0. The number of aliphatic carboxylic acids is 1. The van der Waals surface area contributed by atoms with Crippen molar-refractivity contribution in [2.24, 2.45) is 0 Å². The van der Waals surface area contributed by atoms with Crippen LogP contribution in [0.15, 0.2) is 28.7 Å². The number of para-hydroxylation sites is 1. The molecule has 1 aromatic carbocycles. The maximum absolute atomic E-state index is 12.6. The Hall–Kier alpha value is -2.34. The fourth-order valence-electron chi connectivity index (χ4n) is 2.78. The molecule has 0 aliphatic carbocycles. The first kappa shape index (κ1) is 13.6. The van der Waals surface area contributed by atoms with Crippen molar-refractivity contribution < 1.29 is 24.2 Å². The highest BCUT2D eigenvalue weighted by atomic mass is 16.4. The second kappa shape index (κ2) is 4.89. The Morgan fingerprint density at radius 3 is 2.71 bits per heavy atom. The number of benzene rings is 1. The molecule has 6 heteroatoms. The Kier molecular flexibility index (Phi) is 3.17. The largest absolute Gasteiger partial charge is 0.480 e. The summed E-state index contributed by atoms with van der Waals surface area (Å²) in [5.74, 6) is -1.47. The zero-order valence-electron chi connectivity index (χ0n) is 11.4. The van der Waals surface area contributed by atoms with E-state index in [4.69, 9.17) is 4.42 Å². The summed E-state index contributed by atoms with van der Waals surface area (Å²) in [6, 6.07) is 6.24. The molecule has 1 amide bonds. The number of aryl methyl sites for hydroxylation is 1. The number of aliphatic hydroxyl groups excluding tert-OH is 1. The van der Waals surface area contributed by atoms with Crippen molar-refractivity contribution in [2.45, 2.75) is 25.5 Å². The van der Waals surface area contributed by atoms with Crippen LogP contribution in [0.5, 0.6) is 0 Å². The van der Waals surface area contributed by atoms with E-state index in [1.54, 1.807) is 19.1 Å². The molecule has 2 N–H and O–H groups in total. The van der Waals surface area contributed by atoms with Gasteiger partial charge in [0.2, 0.25) is 0 Å². The van der Waals surface area contributed by atoms with Crippen LogP contribution in [0.1, 0.15) is 22.5 Å². The lowest BCUT2D eigenvalue weighted by Crippen LogP contribution is -2.40. The number of rotatable bonds is 2. The molecule has 1 aliphatic heterocycles. The number of furan rings is 1. The summed E-state index contributed by atoms with van der Waals surface area (Å²) in [5.41, 5.74) is 1.27. The van der Waals surface area contributed by atoms with Gasteiger partial charge in [0.05, 0.1) is 6.10 Å². The van der Waals surface area contributed by atoms with Crippen molar-refractivity contribution in [2.75, 3.05) is 6.54 Å². The molecule has 6 nitrogen and oxygen atoms in total. The number of nitrogens with zero attached hydrogens (tertiary/aromatic N) is 1. The Labute approximate surface area is 120 Å². The first-order chi connectivity index (χ1) is 9.99. The average molecular weight is 289 g/mol. The number of fused-ring (bicyclic) bond motifs is 1. The van der Waals surface area contributed by atoms with Crippen LogP contribution in [0.25, 0.3) is 11.0 Å². The lowest BCUT2D eigenvalue weighted by molar-refractivity contribution is -0.141. The van der Waals surface area contributed by atoms with Gasteiger partial charge in [-0.1, -0.05) is 18.2 Å². The standard InChI is InChI=1S/C15H15NO5/c1-8-10-4-2-3-5-12(10)21-13(8)14(18)16-7-9(17)6-11(16)15(19)20/h2-5,9,11,17H,6-7H2,1H3,(H,19,20). The van der Waals surface area contributed by atoms with E-state index in [0.717, 1.165) is 10.3 Å². The van der Waals surface area contributed by atoms with Gasteiger partial charge in [-0.15, -0.1) is 0 Å². The number of carboxylic acids is 1. The number of carboxylic acid groups (broad SMARTS) is 1. The van der Waals surface area contributed by atoms with Gasteiger partial charge >= 0.3 is 5.97 Å². The smallest absolute Gasteiger partial charge is 0.326 e. The topological polar surface area (TPSA) is 91.0 Å². The highest BCUT2D eigenvalue weighted by molar-refractivity contribution is 6.00. The van der Waals surface area contributed by atoms with E-state index in [-0.39, 0.29) is 18.7 Å². The van der Waals surface area contributed by atoms with E-state index in [1.807, 2.05) is 12.1 Å². The molecular weight excluding hydrogens is 274 g/mol. The quantitative estimate of drug-likeness (QED) is 0.872. The maximum atomic E-state index is 12.6. The average Bonchev–Trinajstić information content (AvgIpc) is 3.00. The summed E-state index contributed by atoms with van der Waals surface area (Å²) in [5, 5.41) is 19.6. The fraction of sp³-hybridized carbons (Fsp3) is 0.333. The van der Waals surface area contributed by atoms with Gasteiger partial charge in [0.25, 0.3) is 5.91 Å². The fourth-order valence-corrected chi connectivity index (χ4v) is 2.78. The molecule has 2 unspecified atom stereocenters. The minimum Gasteiger partial charge on any atom is -0.480 e. The number of carbonyl (C=O) groups excluding carboxylic acids is 1. The SMILES string of the molecule is Cc1c(C(=O)N2CC(O)CC2C(=O)O)oc2ccccc12. The summed E-state index contributed by atoms with van der Waals surface area (Å²) < 4.78 is 5.57. The number of likely N-dealkylation sites (tertiary alicyclic amines) is 1. The van der Waals surface area contributed by atoms with Crippen LogP contribution in [-0.4, -0.2) is 45.7 Å². The zero-order valence-corrected chi connectivity index (χ0v) is 11.4. The van der Waals surface area contributed by atoms with E-state index in [2.05, 4.69) is 0 Å². The van der Waals surface area contributed by atoms with Crippen LogP contribution in [0.4, 0.5) is 0 Å². The third kappa shape index (κ3) is 2.17. The lowest BCUT2D eigenvalue weighted by atomic mass is 10.1. The predicted molar refractivity (Wildman–Crippen MR) is 74.0 cm³/mol. The van der Waals surface area contributed by atoms with Crippen LogP contribution in [0.3, 0.4) is 0 Å². The molecule has 1 saturated heterocycles. The van der Waals surface area contributed by atoms with Gasteiger partial charge in [0.15, 0.2) is 5.76 Å². The first-order valence-corrected chi connectivity index (χ1v) is 6.69. The van der Waals surface area contributed by atoms with E-state index in [9.17, 15) is 19.8 Å². The van der Waals surface area contributed by atoms with Gasteiger partial charge < -0.3 is 19.5 Å². The molecule has 2 aromatic rings. The summed E-state index contributed by atoms with van der Waals surface area (Å²) in [6.07, 6.45) is -0.778. The second-order valence-corrected chi connectivity index (χ2v) is 5.25. The molecule has 110 valence electrons. The van der Waals surface area contributed by atoms with Crippen molar-refractivity contribution in [3.8, 4) is 0 Å². The maximum Gasteiger partial charge on any atom is 0.326 e. The summed E-state index contributed by atoms with van der Waals surface area (Å²) in [4.78, 5) is 24.9. The van der Waals surface area contributed by atoms with Gasteiger partial charge in [-0.3, -0.25) is 4.79 Å². The minimum absolute atomic E-state index is 0.00624. The van der Waals surface area contributed by atoms with E-state index >= 15 is 0 Å². The molecule has 1 aliphatic rings. The Balaban J connectivity index is 2.00. The third-order valence-corrected chi connectivity index (χ3v) is 3.86. The molecule has 0 bridgehead atoms. The molecule has 2 atom stereocenters. The van der Waals surface area contributed by atoms with Gasteiger partial charge in [-0.25, -0.2) is 4.79 Å². The first-order valence-electron chi connectivity index (χ1n) is 6.69. The highest BCUT2D eigenvalue weighted by Gasteiger charge is 2.40. The van der Waals surface area contributed by atoms with Gasteiger partial charge in [-0.2, -0.15) is 0 Å². The monoisotopic (exact) mass is 289 g/mol. The normalized spacial score (nSPS) is 21.9. The zero-order chi connectivity index (χ0) is 15.1. The van der Waals surface area contributed by atoms with E-state index < -0.39 is 24.0 Å². The summed E-state index contributed by atoms with van der Waals surface area (Å²) >= 11 is 0. The van der Waals surface area contributed by atoms with Crippen LogP contribution in [0, 0.1) is 6.92 Å². The molecule has 21 heavy (non-hydrogen) atoms. The molecule has 2 heterocycles. The Bertz CT molecular complexity index is 720. The number of hydrogen-bond donors (Lipinski definition) is 2. The van der Waals surface area contributed by atoms with Crippen molar-refractivity contribution in [3.05, 3.63) is 35.6 Å². The Morgan fingerprint density at radius 2 is 2.05 bits per heavy atom. The number of hydrogen-bond acceptors (Lipinski definition) is 4. The number of carbonyl (C=O) groups is 2. The summed E-state index contributed by atoms with van der Waals surface area (Å²) in [6.45, 7) is 1.77. The van der Waals surface area contributed by atoms with Crippen molar-refractivity contribution >= 4 is 22.8 Å². The molecule has 0 spiro atoms. The van der Waals surface area contributed by atoms with Gasteiger partial charge in [0, 0.05) is 23.9 Å². The molecule has 0 saturated carbocycles. The minimum atomic E-state index is -1.12.